The second-order valence-corrected chi connectivity index (χ2v) is 8.35. The Morgan fingerprint density at radius 2 is 1.72 bits per heavy atom. The molecule has 0 radical (unpaired) electrons. The molecule has 0 heterocycles. The van der Waals surface area contributed by atoms with Crippen molar-refractivity contribution >= 4 is 47.0 Å². The Balaban J connectivity index is 1.81. The van der Waals surface area contributed by atoms with Crippen LogP contribution >= 0.6 is 11.8 Å². The highest BCUT2D eigenvalue weighted by Crippen LogP contribution is 2.22. The molecule has 9 nitrogen and oxygen atoms in total. The van der Waals surface area contributed by atoms with Crippen LogP contribution in [-0.4, -0.2) is 35.1 Å². The minimum atomic E-state index is -0.592. The number of nitrogens with zero attached hydrogens (tertiary/aromatic N) is 1. The number of carbonyl (C=O) groups excluding carboxylic acids is 3. The normalized spacial score (nSPS) is 10.9. The summed E-state index contributed by atoms with van der Waals surface area (Å²) in [6, 6.07) is 20.9. The quantitative estimate of drug-likeness (QED) is 0.135. The maximum atomic E-state index is 13.1. The first kappa shape index (κ1) is 26.2. The second-order valence-electron chi connectivity index (χ2n) is 7.30. The van der Waals surface area contributed by atoms with Gasteiger partial charge in [0, 0.05) is 28.3 Å². The van der Waals surface area contributed by atoms with Gasteiger partial charge in [-0.15, -0.1) is 11.8 Å². The molecule has 0 spiro atoms. The fraction of sp³-hybridized carbons (Fsp3) is 0.115. The monoisotopic (exact) mass is 505 g/mol. The Hall–Kier alpha value is -4.44. The van der Waals surface area contributed by atoms with Crippen LogP contribution in [0, 0.1) is 10.1 Å². The molecule has 0 saturated carbocycles. The van der Waals surface area contributed by atoms with Crippen LogP contribution in [-0.2, 0) is 14.3 Å². The van der Waals surface area contributed by atoms with Gasteiger partial charge in [-0.05, 0) is 61.0 Å². The van der Waals surface area contributed by atoms with Crippen molar-refractivity contribution in [2.24, 2.45) is 0 Å². The minimum Gasteiger partial charge on any atom is -0.465 e. The third-order valence-electron chi connectivity index (χ3n) is 4.70. The largest absolute Gasteiger partial charge is 0.465 e. The van der Waals surface area contributed by atoms with Crippen LogP contribution < -0.4 is 10.6 Å². The molecule has 0 aliphatic heterocycles. The van der Waals surface area contributed by atoms with Crippen LogP contribution in [0.5, 0.6) is 0 Å². The van der Waals surface area contributed by atoms with Gasteiger partial charge in [-0.1, -0.05) is 24.3 Å². The van der Waals surface area contributed by atoms with Gasteiger partial charge >= 0.3 is 5.97 Å². The summed E-state index contributed by atoms with van der Waals surface area (Å²) in [5.41, 5.74) is 1.15. The number of amides is 2. The van der Waals surface area contributed by atoms with Crippen molar-refractivity contribution in [2.75, 3.05) is 17.7 Å². The van der Waals surface area contributed by atoms with Crippen molar-refractivity contribution in [1.29, 1.82) is 0 Å². The van der Waals surface area contributed by atoms with Crippen molar-refractivity contribution in [1.82, 2.24) is 5.32 Å². The van der Waals surface area contributed by atoms with Gasteiger partial charge in [-0.2, -0.15) is 0 Å². The summed E-state index contributed by atoms with van der Waals surface area (Å²) in [4.78, 5) is 48.7. The Bertz CT molecular complexity index is 1280. The van der Waals surface area contributed by atoms with E-state index in [2.05, 4.69) is 10.6 Å². The smallest absolute Gasteiger partial charge is 0.316 e. The number of esters is 1. The molecule has 3 rings (SSSR count). The van der Waals surface area contributed by atoms with E-state index in [0.717, 1.165) is 4.90 Å². The summed E-state index contributed by atoms with van der Waals surface area (Å²) in [6.45, 7) is 2.03. The van der Waals surface area contributed by atoms with Gasteiger partial charge in [0.1, 0.15) is 5.70 Å². The van der Waals surface area contributed by atoms with E-state index in [1.165, 1.54) is 42.1 Å². The number of nitrogens with one attached hydrogen (secondary N) is 2. The topological polar surface area (TPSA) is 128 Å². The van der Waals surface area contributed by atoms with E-state index in [9.17, 15) is 24.5 Å². The number of anilines is 1. The molecule has 0 aliphatic carbocycles. The summed E-state index contributed by atoms with van der Waals surface area (Å²) in [5, 5.41) is 16.3. The zero-order valence-corrected chi connectivity index (χ0v) is 20.1. The van der Waals surface area contributed by atoms with Gasteiger partial charge < -0.3 is 15.4 Å². The van der Waals surface area contributed by atoms with E-state index < -0.39 is 16.7 Å². The van der Waals surface area contributed by atoms with Crippen molar-refractivity contribution in [3.05, 3.63) is 106 Å². The first-order chi connectivity index (χ1) is 17.4. The molecule has 0 aromatic heterocycles. The van der Waals surface area contributed by atoms with Crippen LogP contribution in [0.15, 0.2) is 89.5 Å². The summed E-state index contributed by atoms with van der Waals surface area (Å²) in [5.74, 6) is -1.29. The van der Waals surface area contributed by atoms with Gasteiger partial charge in [-0.3, -0.25) is 24.5 Å². The summed E-state index contributed by atoms with van der Waals surface area (Å²) in [7, 11) is 0. The molecule has 0 bridgehead atoms. The van der Waals surface area contributed by atoms with Gasteiger partial charge in [-0.25, -0.2) is 0 Å². The van der Waals surface area contributed by atoms with Crippen LogP contribution in [0.1, 0.15) is 22.8 Å². The lowest BCUT2D eigenvalue weighted by Gasteiger charge is -2.12. The molecule has 184 valence electrons. The first-order valence-electron chi connectivity index (χ1n) is 10.9. The molecule has 10 heteroatoms. The third kappa shape index (κ3) is 7.81. The molecular weight excluding hydrogens is 482 g/mol. The molecule has 0 saturated heterocycles. The molecular formula is C26H23N3O6S. The van der Waals surface area contributed by atoms with E-state index in [4.69, 9.17) is 4.74 Å². The number of hydrogen-bond donors (Lipinski definition) is 2. The fourth-order valence-electron chi connectivity index (χ4n) is 3.01. The van der Waals surface area contributed by atoms with E-state index in [-0.39, 0.29) is 23.1 Å². The highest BCUT2D eigenvalue weighted by atomic mass is 32.2. The van der Waals surface area contributed by atoms with E-state index in [0.29, 0.717) is 23.4 Å². The van der Waals surface area contributed by atoms with E-state index in [1.54, 1.807) is 61.5 Å². The van der Waals surface area contributed by atoms with Gasteiger partial charge in [0.15, 0.2) is 0 Å². The van der Waals surface area contributed by atoms with Gasteiger partial charge in [0.25, 0.3) is 17.5 Å². The Morgan fingerprint density at radius 1 is 1.00 bits per heavy atom. The van der Waals surface area contributed by atoms with Crippen LogP contribution in [0.25, 0.3) is 6.08 Å². The number of carbonyl (C=O) groups is 3. The predicted molar refractivity (Wildman–Crippen MR) is 137 cm³/mol. The molecule has 0 atom stereocenters. The molecule has 0 aliphatic rings. The standard InChI is InChI=1S/C26H23N3O6S/c1-2-35-24(30)17-36-22-10-6-9-20(16-22)27-26(32)23(28-25(31)19-7-4-3-5-8-19)15-18-11-13-21(14-12-18)29(33)34/h3-16H,2,17H2,1H3,(H,27,32)(H,28,31)/b23-15+. The first-order valence-corrected chi connectivity index (χ1v) is 11.9. The predicted octanol–water partition coefficient (Wildman–Crippen LogP) is 4.66. The van der Waals surface area contributed by atoms with Gasteiger partial charge in [0.05, 0.1) is 17.3 Å². The van der Waals surface area contributed by atoms with Crippen molar-refractivity contribution < 1.29 is 24.0 Å². The molecule has 0 unspecified atom stereocenters. The number of benzene rings is 3. The lowest BCUT2D eigenvalue weighted by molar-refractivity contribution is -0.384. The number of thioether (sulfide) groups is 1. The number of nitro benzene ring substituents is 1. The zero-order chi connectivity index (χ0) is 25.9. The number of nitro groups is 1. The molecule has 36 heavy (non-hydrogen) atoms. The highest BCUT2D eigenvalue weighted by molar-refractivity contribution is 8.00. The Kier molecular flexibility index (Phi) is 9.35. The number of non-ortho nitro benzene ring substituents is 1. The van der Waals surface area contributed by atoms with E-state index >= 15 is 0 Å². The maximum absolute atomic E-state index is 13.1. The summed E-state index contributed by atoms with van der Waals surface area (Å²) < 4.78 is 4.93. The fourth-order valence-corrected chi connectivity index (χ4v) is 3.76. The highest BCUT2D eigenvalue weighted by Gasteiger charge is 2.16. The van der Waals surface area contributed by atoms with E-state index in [1.807, 2.05) is 0 Å². The van der Waals surface area contributed by atoms with Crippen LogP contribution in [0.3, 0.4) is 0 Å². The lowest BCUT2D eigenvalue weighted by atomic mass is 10.1. The molecule has 3 aromatic carbocycles. The van der Waals surface area contributed by atoms with Gasteiger partial charge in [0.2, 0.25) is 0 Å². The molecule has 0 fully saturated rings. The molecule has 3 aromatic rings. The summed E-state index contributed by atoms with van der Waals surface area (Å²) in [6.07, 6.45) is 1.43. The maximum Gasteiger partial charge on any atom is 0.316 e. The van der Waals surface area contributed by atoms with Crippen molar-refractivity contribution in [2.45, 2.75) is 11.8 Å². The van der Waals surface area contributed by atoms with Crippen LogP contribution in [0.4, 0.5) is 11.4 Å². The Labute approximate surface area is 211 Å². The van der Waals surface area contributed by atoms with Crippen LogP contribution in [0.2, 0.25) is 0 Å². The molecule has 2 N–H and O–H groups in total. The lowest BCUT2D eigenvalue weighted by Crippen LogP contribution is -2.30. The minimum absolute atomic E-state index is 0.0534. The average molecular weight is 506 g/mol. The number of hydrogen-bond acceptors (Lipinski definition) is 7. The zero-order valence-electron chi connectivity index (χ0n) is 19.3. The second kappa shape index (κ2) is 12.9. The average Bonchev–Trinajstić information content (AvgIpc) is 2.88. The number of ether oxygens (including phenoxy) is 1. The SMILES string of the molecule is CCOC(=O)CSc1cccc(NC(=O)/C(=C\c2ccc([N+](=O)[O-])cc2)NC(=O)c2ccccc2)c1. The third-order valence-corrected chi connectivity index (χ3v) is 5.66. The Morgan fingerprint density at radius 3 is 2.39 bits per heavy atom. The van der Waals surface area contributed by atoms with Crippen molar-refractivity contribution in [3.63, 3.8) is 0 Å². The number of rotatable bonds is 10. The molecule has 2 amide bonds. The van der Waals surface area contributed by atoms with Crippen molar-refractivity contribution in [3.8, 4) is 0 Å². The summed E-state index contributed by atoms with van der Waals surface area (Å²) >= 11 is 1.27.